The Morgan fingerprint density at radius 3 is 2.29 bits per heavy atom. The monoisotopic (exact) mass is 340 g/mol. The maximum Gasteiger partial charge on any atom is 0.229 e. The third-order valence-electron chi connectivity index (χ3n) is 2.51. The smallest absolute Gasteiger partial charge is 0.229 e. The molecule has 0 spiro atoms. The van der Waals surface area contributed by atoms with E-state index in [1.165, 1.54) is 6.92 Å². The van der Waals surface area contributed by atoms with Crippen LogP contribution in [0.25, 0.3) is 0 Å². The quantitative estimate of drug-likeness (QED) is 0.857. The number of sulfone groups is 1. The molecule has 6 heteroatoms. The summed E-state index contributed by atoms with van der Waals surface area (Å²) >= 11 is 8.84. The van der Waals surface area contributed by atoms with Crippen molar-refractivity contribution >= 4 is 37.4 Å². The zero-order chi connectivity index (χ0) is 13.3. The molecule has 0 radical (unpaired) electrons. The molecule has 1 aromatic rings. The first kappa shape index (κ1) is 15.0. The highest BCUT2D eigenvalue weighted by Crippen LogP contribution is 2.42. The molecule has 0 aliphatic heterocycles. The van der Waals surface area contributed by atoms with Crippen molar-refractivity contribution in [3.63, 3.8) is 0 Å². The highest BCUT2D eigenvalue weighted by molar-refractivity contribution is 9.12. The zero-order valence-corrected chi connectivity index (χ0v) is 12.7. The normalized spacial score (nSPS) is 17.5. The molecule has 0 saturated carbocycles. The van der Waals surface area contributed by atoms with Crippen molar-refractivity contribution in [1.82, 2.24) is 0 Å². The molecule has 0 fully saturated rings. The van der Waals surface area contributed by atoms with Crippen molar-refractivity contribution < 1.29 is 13.5 Å². The Labute approximate surface area is 115 Å². The van der Waals surface area contributed by atoms with E-state index >= 15 is 0 Å². The van der Waals surface area contributed by atoms with Gasteiger partial charge in [0.05, 0.1) is 5.75 Å². The van der Waals surface area contributed by atoms with Crippen LogP contribution in [-0.4, -0.2) is 22.4 Å². The van der Waals surface area contributed by atoms with Gasteiger partial charge in [0, 0.05) is 0 Å². The maximum absolute atomic E-state index is 11.8. The summed E-state index contributed by atoms with van der Waals surface area (Å²) in [6, 6.07) is 6.89. The Bertz CT molecular complexity index is 482. The largest absolute Gasteiger partial charge is 0.385 e. The molecule has 0 amide bonds. The van der Waals surface area contributed by atoms with Gasteiger partial charge in [0.15, 0.2) is 9.84 Å². The van der Waals surface area contributed by atoms with Gasteiger partial charge in [0.2, 0.25) is 3.12 Å². The molecule has 1 rings (SSSR count). The zero-order valence-electron chi connectivity index (χ0n) is 9.52. The summed E-state index contributed by atoms with van der Waals surface area (Å²) in [6.45, 7) is 3.39. The first-order chi connectivity index (χ1) is 7.72. The van der Waals surface area contributed by atoms with Gasteiger partial charge < -0.3 is 5.11 Å². The van der Waals surface area contributed by atoms with E-state index in [4.69, 9.17) is 11.6 Å². The highest BCUT2D eigenvalue weighted by atomic mass is 79.9. The molecule has 0 aliphatic carbocycles. The summed E-state index contributed by atoms with van der Waals surface area (Å²) in [5.41, 5.74) is 1.48. The average molecular weight is 342 g/mol. The Morgan fingerprint density at radius 2 is 1.88 bits per heavy atom. The summed E-state index contributed by atoms with van der Waals surface area (Å²) < 4.78 is 21.6. The standard InChI is InChI=1S/C11H14BrClO3S/c1-3-17(15,16)11(12,13)10(14)9-6-4-8(2)5-7-9/h4-7,10,14H,3H2,1-2H3/t10-,11-/m1/s1. The molecule has 0 unspecified atom stereocenters. The fourth-order valence-electron chi connectivity index (χ4n) is 1.31. The number of hydrogen-bond donors (Lipinski definition) is 1. The lowest BCUT2D eigenvalue weighted by atomic mass is 10.1. The lowest BCUT2D eigenvalue weighted by Gasteiger charge is -2.25. The van der Waals surface area contributed by atoms with Crippen molar-refractivity contribution in [1.29, 1.82) is 0 Å². The van der Waals surface area contributed by atoms with Crippen molar-refractivity contribution in [2.24, 2.45) is 0 Å². The second-order valence-corrected chi connectivity index (χ2v) is 9.28. The molecule has 0 saturated heterocycles. The molecule has 0 heterocycles. The molecule has 1 N–H and O–H groups in total. The van der Waals surface area contributed by atoms with Crippen LogP contribution in [0, 0.1) is 6.92 Å². The van der Waals surface area contributed by atoms with E-state index in [1.807, 2.05) is 6.92 Å². The Balaban J connectivity index is 3.12. The minimum Gasteiger partial charge on any atom is -0.385 e. The highest BCUT2D eigenvalue weighted by Gasteiger charge is 2.45. The molecule has 0 bridgehead atoms. The van der Waals surface area contributed by atoms with Crippen LogP contribution in [0.3, 0.4) is 0 Å². The van der Waals surface area contributed by atoms with Crippen LogP contribution < -0.4 is 0 Å². The van der Waals surface area contributed by atoms with Crippen molar-refractivity contribution in [2.75, 3.05) is 5.75 Å². The third-order valence-corrected chi connectivity index (χ3v) is 7.14. The lowest BCUT2D eigenvalue weighted by Crippen LogP contribution is -2.34. The van der Waals surface area contributed by atoms with Crippen molar-refractivity contribution in [2.45, 2.75) is 23.1 Å². The number of hydrogen-bond acceptors (Lipinski definition) is 3. The number of rotatable bonds is 4. The van der Waals surface area contributed by atoms with Gasteiger partial charge in [-0.1, -0.05) is 48.4 Å². The second-order valence-electron chi connectivity index (χ2n) is 3.78. The van der Waals surface area contributed by atoms with Gasteiger partial charge >= 0.3 is 0 Å². The van der Waals surface area contributed by atoms with E-state index in [0.29, 0.717) is 5.56 Å². The van der Waals surface area contributed by atoms with E-state index in [9.17, 15) is 13.5 Å². The van der Waals surface area contributed by atoms with Crippen LogP contribution in [0.15, 0.2) is 24.3 Å². The Morgan fingerprint density at radius 1 is 1.41 bits per heavy atom. The summed E-state index contributed by atoms with van der Waals surface area (Å²) in [5, 5.41) is 10.0. The minimum atomic E-state index is -3.62. The van der Waals surface area contributed by atoms with E-state index in [-0.39, 0.29) is 5.75 Å². The number of aliphatic hydroxyl groups excluding tert-OH is 1. The van der Waals surface area contributed by atoms with E-state index < -0.39 is 19.1 Å². The minimum absolute atomic E-state index is 0.148. The first-order valence-electron chi connectivity index (χ1n) is 5.07. The van der Waals surface area contributed by atoms with Crippen LogP contribution in [0.2, 0.25) is 0 Å². The molecular formula is C11H14BrClO3S. The molecular weight excluding hydrogens is 328 g/mol. The van der Waals surface area contributed by atoms with E-state index in [0.717, 1.165) is 5.56 Å². The number of aryl methyl sites for hydroxylation is 1. The maximum atomic E-state index is 11.8. The number of aliphatic hydroxyl groups is 1. The molecule has 3 nitrogen and oxygen atoms in total. The molecule has 0 aliphatic rings. The molecule has 0 aromatic heterocycles. The van der Waals surface area contributed by atoms with Gasteiger partial charge in [0.1, 0.15) is 6.10 Å². The van der Waals surface area contributed by atoms with Gasteiger partial charge in [-0.05, 0) is 28.4 Å². The fraction of sp³-hybridized carbons (Fsp3) is 0.455. The van der Waals surface area contributed by atoms with Crippen LogP contribution in [-0.2, 0) is 9.84 Å². The number of halogens is 2. The molecule has 2 atom stereocenters. The molecule has 1 aromatic carbocycles. The van der Waals surface area contributed by atoms with Crippen LogP contribution in [0.5, 0.6) is 0 Å². The molecule has 17 heavy (non-hydrogen) atoms. The predicted octanol–water partition coefficient (Wildman–Crippen LogP) is 2.75. The third kappa shape index (κ3) is 3.02. The number of benzene rings is 1. The average Bonchev–Trinajstić information content (AvgIpc) is 2.28. The van der Waals surface area contributed by atoms with Gasteiger partial charge in [-0.3, -0.25) is 0 Å². The number of alkyl halides is 2. The van der Waals surface area contributed by atoms with Crippen molar-refractivity contribution in [3.8, 4) is 0 Å². The van der Waals surface area contributed by atoms with Gasteiger partial charge in [0.25, 0.3) is 0 Å². The molecule has 96 valence electrons. The Hall–Kier alpha value is -0.100. The second kappa shape index (κ2) is 5.26. The predicted molar refractivity (Wildman–Crippen MR) is 73.1 cm³/mol. The topological polar surface area (TPSA) is 54.4 Å². The fourth-order valence-corrected chi connectivity index (χ4v) is 3.57. The van der Waals surface area contributed by atoms with E-state index in [2.05, 4.69) is 15.9 Å². The summed E-state index contributed by atoms with van der Waals surface area (Å²) in [7, 11) is -3.62. The van der Waals surface area contributed by atoms with Crippen LogP contribution >= 0.6 is 27.5 Å². The first-order valence-corrected chi connectivity index (χ1v) is 7.89. The summed E-state index contributed by atoms with van der Waals surface area (Å²) in [5.74, 6) is -0.148. The van der Waals surface area contributed by atoms with Crippen molar-refractivity contribution in [3.05, 3.63) is 35.4 Å². The summed E-state index contributed by atoms with van der Waals surface area (Å²) in [6.07, 6.45) is -1.32. The summed E-state index contributed by atoms with van der Waals surface area (Å²) in [4.78, 5) is 0. The van der Waals surface area contributed by atoms with Gasteiger partial charge in [-0.2, -0.15) is 0 Å². The van der Waals surface area contributed by atoms with Crippen LogP contribution in [0.4, 0.5) is 0 Å². The SMILES string of the molecule is CCS(=O)(=O)[C@@](Cl)(Br)[C@H](O)c1ccc(C)cc1. The van der Waals surface area contributed by atoms with E-state index in [1.54, 1.807) is 24.3 Å². The van der Waals surface area contributed by atoms with Gasteiger partial charge in [-0.25, -0.2) is 8.42 Å². The van der Waals surface area contributed by atoms with Gasteiger partial charge in [-0.15, -0.1) is 0 Å². The lowest BCUT2D eigenvalue weighted by molar-refractivity contribution is 0.185. The van der Waals surface area contributed by atoms with Crippen LogP contribution in [0.1, 0.15) is 24.2 Å². The Kier molecular flexibility index (Phi) is 4.63.